The lowest BCUT2D eigenvalue weighted by Crippen LogP contribution is -2.12. The Morgan fingerprint density at radius 2 is 2.24 bits per heavy atom. The van der Waals surface area contributed by atoms with E-state index in [4.69, 9.17) is 18.0 Å². The molecular formula is C10H13N5S2. The molecule has 0 amide bonds. The van der Waals surface area contributed by atoms with Gasteiger partial charge in [-0.3, -0.25) is 4.68 Å². The summed E-state index contributed by atoms with van der Waals surface area (Å²) in [4.78, 5) is 4.68. The number of aryl methyl sites for hydroxylation is 3. The molecule has 0 atom stereocenters. The van der Waals surface area contributed by atoms with Gasteiger partial charge in [0.2, 0.25) is 0 Å². The number of hydrogen-bond acceptors (Lipinski definition) is 5. The van der Waals surface area contributed by atoms with Crippen LogP contribution in [0.3, 0.4) is 0 Å². The molecule has 2 heterocycles. The second-order valence-corrected chi connectivity index (χ2v) is 5.01. The lowest BCUT2D eigenvalue weighted by atomic mass is 10.2. The van der Waals surface area contributed by atoms with E-state index in [1.165, 1.54) is 11.3 Å². The van der Waals surface area contributed by atoms with Gasteiger partial charge in [0, 0.05) is 12.4 Å². The minimum Gasteiger partial charge on any atom is -0.389 e. The molecule has 5 nitrogen and oxygen atoms in total. The largest absolute Gasteiger partial charge is 0.389 e. The van der Waals surface area contributed by atoms with Gasteiger partial charge < -0.3 is 11.1 Å². The van der Waals surface area contributed by atoms with Crippen molar-refractivity contribution in [2.75, 3.05) is 5.32 Å². The van der Waals surface area contributed by atoms with E-state index in [2.05, 4.69) is 15.4 Å². The van der Waals surface area contributed by atoms with E-state index in [0.717, 1.165) is 27.9 Å². The molecule has 2 aromatic rings. The predicted molar refractivity (Wildman–Crippen MR) is 74.0 cm³/mol. The van der Waals surface area contributed by atoms with E-state index in [1.807, 2.05) is 26.3 Å². The van der Waals surface area contributed by atoms with Gasteiger partial charge in [0.25, 0.3) is 0 Å². The molecular weight excluding hydrogens is 254 g/mol. The first-order chi connectivity index (χ1) is 7.99. The standard InChI is InChI=1S/C10H13N5S2/c1-5-4-17-10(12-5)13-9-7(8(11)16)6(2)14-15(9)3/h4H,1-3H3,(H2,11,16)(H,12,13). The molecule has 2 aromatic heterocycles. The molecule has 0 spiro atoms. The summed E-state index contributed by atoms with van der Waals surface area (Å²) in [6.45, 7) is 3.83. The molecule has 2 rings (SSSR count). The van der Waals surface area contributed by atoms with Crippen LogP contribution in [0, 0.1) is 13.8 Å². The average Bonchev–Trinajstić information content (AvgIpc) is 2.72. The Bertz CT molecular complexity index is 569. The zero-order valence-corrected chi connectivity index (χ0v) is 11.4. The Balaban J connectivity index is 2.41. The summed E-state index contributed by atoms with van der Waals surface area (Å²) >= 11 is 6.57. The Morgan fingerprint density at radius 1 is 1.53 bits per heavy atom. The Morgan fingerprint density at radius 3 is 2.76 bits per heavy atom. The van der Waals surface area contributed by atoms with E-state index in [9.17, 15) is 0 Å². The fourth-order valence-electron chi connectivity index (χ4n) is 1.61. The van der Waals surface area contributed by atoms with Crippen molar-refractivity contribution < 1.29 is 0 Å². The predicted octanol–water partition coefficient (Wildman–Crippen LogP) is 1.87. The Kier molecular flexibility index (Phi) is 3.12. The maximum Gasteiger partial charge on any atom is 0.188 e. The van der Waals surface area contributed by atoms with E-state index >= 15 is 0 Å². The van der Waals surface area contributed by atoms with Gasteiger partial charge in [-0.1, -0.05) is 12.2 Å². The zero-order chi connectivity index (χ0) is 12.6. The minimum atomic E-state index is 0.339. The maximum atomic E-state index is 5.71. The lowest BCUT2D eigenvalue weighted by molar-refractivity contribution is 0.764. The quantitative estimate of drug-likeness (QED) is 0.831. The highest BCUT2D eigenvalue weighted by molar-refractivity contribution is 7.80. The molecule has 0 aliphatic heterocycles. The van der Waals surface area contributed by atoms with Crippen LogP contribution < -0.4 is 11.1 Å². The molecule has 0 bridgehead atoms. The summed E-state index contributed by atoms with van der Waals surface area (Å²) in [6, 6.07) is 0. The zero-order valence-electron chi connectivity index (χ0n) is 9.81. The maximum absolute atomic E-state index is 5.71. The molecule has 0 radical (unpaired) electrons. The number of thiazole rings is 1. The molecule has 0 aromatic carbocycles. The number of anilines is 2. The van der Waals surface area contributed by atoms with Gasteiger partial charge in [-0.2, -0.15) is 5.10 Å². The van der Waals surface area contributed by atoms with Crippen LogP contribution in [0.15, 0.2) is 5.38 Å². The summed E-state index contributed by atoms with van der Waals surface area (Å²) < 4.78 is 1.72. The number of rotatable bonds is 3. The van der Waals surface area contributed by atoms with E-state index in [-0.39, 0.29) is 0 Å². The summed E-state index contributed by atoms with van der Waals surface area (Å²) in [5.74, 6) is 0.782. The third-order valence-electron chi connectivity index (χ3n) is 2.31. The first-order valence-electron chi connectivity index (χ1n) is 5.01. The highest BCUT2D eigenvalue weighted by atomic mass is 32.1. The SMILES string of the molecule is Cc1csc(Nc2c(C(N)=S)c(C)nn2C)n1. The van der Waals surface area contributed by atoms with Crippen molar-refractivity contribution in [1.29, 1.82) is 0 Å². The van der Waals surface area contributed by atoms with Crippen molar-refractivity contribution in [3.8, 4) is 0 Å². The van der Waals surface area contributed by atoms with Crippen molar-refractivity contribution in [2.45, 2.75) is 13.8 Å². The monoisotopic (exact) mass is 267 g/mol. The third-order valence-corrected chi connectivity index (χ3v) is 3.39. The summed E-state index contributed by atoms with van der Waals surface area (Å²) in [5, 5.41) is 10.3. The highest BCUT2D eigenvalue weighted by Gasteiger charge is 2.16. The topological polar surface area (TPSA) is 68.8 Å². The van der Waals surface area contributed by atoms with Crippen LogP contribution in [0.4, 0.5) is 10.9 Å². The van der Waals surface area contributed by atoms with Crippen molar-refractivity contribution in [1.82, 2.24) is 14.8 Å². The van der Waals surface area contributed by atoms with E-state index in [0.29, 0.717) is 4.99 Å². The number of nitrogens with zero attached hydrogens (tertiary/aromatic N) is 3. The fourth-order valence-corrected chi connectivity index (χ4v) is 2.54. The summed E-state index contributed by atoms with van der Waals surface area (Å²) in [6.07, 6.45) is 0. The Hall–Kier alpha value is -1.47. The van der Waals surface area contributed by atoms with Crippen LogP contribution >= 0.6 is 23.6 Å². The van der Waals surface area contributed by atoms with Gasteiger partial charge in [-0.15, -0.1) is 11.3 Å². The van der Waals surface area contributed by atoms with Crippen LogP contribution in [0.2, 0.25) is 0 Å². The molecule has 0 saturated heterocycles. The first kappa shape index (κ1) is 12.0. The molecule has 0 unspecified atom stereocenters. The molecule has 0 aliphatic rings. The van der Waals surface area contributed by atoms with Gasteiger partial charge in [-0.25, -0.2) is 4.98 Å². The molecule has 0 saturated carbocycles. The first-order valence-corrected chi connectivity index (χ1v) is 6.30. The van der Waals surface area contributed by atoms with Crippen LogP contribution in [0.1, 0.15) is 17.0 Å². The molecule has 3 N–H and O–H groups in total. The van der Waals surface area contributed by atoms with Crippen LogP contribution in [-0.4, -0.2) is 19.8 Å². The molecule has 17 heavy (non-hydrogen) atoms. The Labute approximate surface area is 109 Å². The van der Waals surface area contributed by atoms with Crippen molar-refractivity contribution >= 4 is 39.5 Å². The second-order valence-electron chi connectivity index (χ2n) is 3.72. The van der Waals surface area contributed by atoms with Crippen LogP contribution in [0.25, 0.3) is 0 Å². The molecule has 90 valence electrons. The van der Waals surface area contributed by atoms with Gasteiger partial charge in [0.05, 0.1) is 17.0 Å². The van der Waals surface area contributed by atoms with Gasteiger partial charge >= 0.3 is 0 Å². The van der Waals surface area contributed by atoms with E-state index in [1.54, 1.807) is 4.68 Å². The van der Waals surface area contributed by atoms with Gasteiger partial charge in [-0.05, 0) is 13.8 Å². The van der Waals surface area contributed by atoms with Gasteiger partial charge in [0.1, 0.15) is 10.8 Å². The van der Waals surface area contributed by atoms with Crippen LogP contribution in [0.5, 0.6) is 0 Å². The third kappa shape index (κ3) is 2.29. The summed E-state index contributed by atoms with van der Waals surface area (Å²) in [5.41, 5.74) is 8.28. The summed E-state index contributed by atoms with van der Waals surface area (Å²) in [7, 11) is 1.84. The van der Waals surface area contributed by atoms with Crippen LogP contribution in [-0.2, 0) is 7.05 Å². The fraction of sp³-hybridized carbons (Fsp3) is 0.300. The smallest absolute Gasteiger partial charge is 0.188 e. The average molecular weight is 267 g/mol. The molecule has 0 fully saturated rings. The van der Waals surface area contributed by atoms with Crippen molar-refractivity contribution in [3.63, 3.8) is 0 Å². The lowest BCUT2D eigenvalue weighted by Gasteiger charge is -2.05. The highest BCUT2D eigenvalue weighted by Crippen LogP contribution is 2.25. The number of nitrogens with two attached hydrogens (primary N) is 1. The van der Waals surface area contributed by atoms with Crippen molar-refractivity contribution in [2.24, 2.45) is 12.8 Å². The van der Waals surface area contributed by atoms with Crippen molar-refractivity contribution in [3.05, 3.63) is 22.3 Å². The van der Waals surface area contributed by atoms with Gasteiger partial charge in [0.15, 0.2) is 5.13 Å². The van der Waals surface area contributed by atoms with E-state index < -0.39 is 0 Å². The molecule has 7 heteroatoms. The minimum absolute atomic E-state index is 0.339. The number of aromatic nitrogens is 3. The molecule has 0 aliphatic carbocycles. The number of thiocarbonyl (C=S) groups is 1. The number of nitrogens with one attached hydrogen (secondary N) is 1. The number of hydrogen-bond donors (Lipinski definition) is 2. The normalized spacial score (nSPS) is 10.5. The second kappa shape index (κ2) is 4.42.